The highest BCUT2D eigenvalue weighted by Crippen LogP contribution is 2.52. The SMILES string of the molecule is COc1cc2c(c(OC)c1OC)C(C)(C)CC(C=CC(=O)N1CCCN(C(=O)C=CC3=Cc4cc(OC)c(OC)c(OC)c4C(C)(C)C3)CC1)=C2. The molecule has 0 spiro atoms. The van der Waals surface area contributed by atoms with Gasteiger partial charge in [0, 0.05) is 49.5 Å². The highest BCUT2D eigenvalue weighted by molar-refractivity contribution is 5.90. The maximum absolute atomic E-state index is 13.4. The van der Waals surface area contributed by atoms with Gasteiger partial charge in [-0.3, -0.25) is 9.59 Å². The maximum atomic E-state index is 13.4. The first-order valence-electron chi connectivity index (χ1n) is 17.3. The zero-order valence-corrected chi connectivity index (χ0v) is 31.7. The first-order valence-corrected chi connectivity index (χ1v) is 17.3. The summed E-state index contributed by atoms with van der Waals surface area (Å²) in [7, 11) is 9.70. The largest absolute Gasteiger partial charge is 0.493 e. The lowest BCUT2D eigenvalue weighted by Crippen LogP contribution is -2.36. The number of fused-ring (bicyclic) bond motifs is 2. The average molecular weight is 701 g/mol. The van der Waals surface area contributed by atoms with Gasteiger partial charge in [0.15, 0.2) is 23.0 Å². The molecule has 1 heterocycles. The van der Waals surface area contributed by atoms with E-state index >= 15 is 0 Å². The third kappa shape index (κ3) is 7.46. The number of amides is 2. The van der Waals surface area contributed by atoms with Gasteiger partial charge in [-0.05, 0) is 64.5 Å². The molecule has 3 aliphatic rings. The van der Waals surface area contributed by atoms with E-state index < -0.39 is 0 Å². The number of methoxy groups -OCH3 is 6. The highest BCUT2D eigenvalue weighted by atomic mass is 16.5. The van der Waals surface area contributed by atoms with Gasteiger partial charge in [0.2, 0.25) is 23.3 Å². The summed E-state index contributed by atoms with van der Waals surface area (Å²) in [5.74, 6) is 3.52. The molecule has 51 heavy (non-hydrogen) atoms. The zero-order chi connectivity index (χ0) is 37.1. The molecule has 5 rings (SSSR count). The molecule has 0 N–H and O–H groups in total. The lowest BCUT2D eigenvalue weighted by atomic mass is 9.72. The van der Waals surface area contributed by atoms with E-state index in [1.807, 2.05) is 34.1 Å². The van der Waals surface area contributed by atoms with Crippen LogP contribution in [0.2, 0.25) is 0 Å². The van der Waals surface area contributed by atoms with Crippen molar-refractivity contribution in [1.29, 1.82) is 0 Å². The second-order valence-corrected chi connectivity index (χ2v) is 14.4. The summed E-state index contributed by atoms with van der Waals surface area (Å²) in [6.45, 7) is 10.7. The molecule has 0 saturated carbocycles. The van der Waals surface area contributed by atoms with Crippen LogP contribution in [0.5, 0.6) is 34.5 Å². The first-order chi connectivity index (χ1) is 24.3. The lowest BCUT2D eigenvalue weighted by molar-refractivity contribution is -0.128. The molecule has 1 aliphatic heterocycles. The van der Waals surface area contributed by atoms with Crippen molar-refractivity contribution in [3.8, 4) is 34.5 Å². The van der Waals surface area contributed by atoms with Gasteiger partial charge in [0.25, 0.3) is 0 Å². The summed E-state index contributed by atoms with van der Waals surface area (Å²) in [4.78, 5) is 30.4. The Morgan fingerprint density at radius 1 is 0.569 bits per heavy atom. The average Bonchev–Trinajstić information content (AvgIpc) is 3.37. The first kappa shape index (κ1) is 37.4. The normalized spacial score (nSPS) is 17.9. The van der Waals surface area contributed by atoms with E-state index in [2.05, 4.69) is 39.8 Å². The van der Waals surface area contributed by atoms with Crippen LogP contribution in [0.3, 0.4) is 0 Å². The Morgan fingerprint density at radius 2 is 0.941 bits per heavy atom. The molecule has 2 amide bonds. The number of hydrogen-bond acceptors (Lipinski definition) is 8. The van der Waals surface area contributed by atoms with Crippen molar-refractivity contribution in [1.82, 2.24) is 9.80 Å². The number of nitrogens with zero attached hydrogens (tertiary/aromatic N) is 2. The number of rotatable bonds is 10. The van der Waals surface area contributed by atoms with E-state index in [0.717, 1.165) is 46.2 Å². The number of allylic oxidation sites excluding steroid dienone is 4. The Bertz CT molecular complexity index is 1670. The molecular formula is C41H52N2O8. The molecule has 1 fully saturated rings. The summed E-state index contributed by atoms with van der Waals surface area (Å²) in [5.41, 5.74) is 5.57. The Hall–Kier alpha value is -4.86. The molecule has 10 heteroatoms. The smallest absolute Gasteiger partial charge is 0.246 e. The van der Waals surface area contributed by atoms with Crippen LogP contribution >= 0.6 is 0 Å². The van der Waals surface area contributed by atoms with E-state index in [1.165, 1.54) is 0 Å². The molecule has 0 radical (unpaired) electrons. The van der Waals surface area contributed by atoms with Gasteiger partial charge in [-0.15, -0.1) is 0 Å². The number of carbonyl (C=O) groups excluding carboxylic acids is 2. The highest BCUT2D eigenvalue weighted by Gasteiger charge is 2.36. The van der Waals surface area contributed by atoms with Crippen molar-refractivity contribution in [2.75, 3.05) is 68.8 Å². The predicted molar refractivity (Wildman–Crippen MR) is 199 cm³/mol. The Balaban J connectivity index is 1.26. The summed E-state index contributed by atoms with van der Waals surface area (Å²) >= 11 is 0. The van der Waals surface area contributed by atoms with Crippen LogP contribution in [0.15, 0.2) is 47.6 Å². The fraction of sp³-hybridized carbons (Fsp3) is 0.463. The van der Waals surface area contributed by atoms with Gasteiger partial charge in [-0.25, -0.2) is 0 Å². The van der Waals surface area contributed by atoms with E-state index in [-0.39, 0.29) is 22.6 Å². The monoisotopic (exact) mass is 700 g/mol. The Morgan fingerprint density at radius 3 is 1.27 bits per heavy atom. The van der Waals surface area contributed by atoms with Crippen molar-refractivity contribution < 1.29 is 38.0 Å². The van der Waals surface area contributed by atoms with Crippen LogP contribution in [0.25, 0.3) is 12.2 Å². The van der Waals surface area contributed by atoms with Crippen molar-refractivity contribution in [2.24, 2.45) is 0 Å². The van der Waals surface area contributed by atoms with Crippen molar-refractivity contribution >= 4 is 24.0 Å². The Kier molecular flexibility index (Phi) is 11.1. The third-order valence-corrected chi connectivity index (χ3v) is 10.0. The molecule has 0 bridgehead atoms. The minimum Gasteiger partial charge on any atom is -0.493 e. The van der Waals surface area contributed by atoms with Gasteiger partial charge in [0.1, 0.15) is 0 Å². The minimum absolute atomic E-state index is 0.0648. The van der Waals surface area contributed by atoms with Crippen LogP contribution in [-0.4, -0.2) is 90.5 Å². The van der Waals surface area contributed by atoms with E-state index in [1.54, 1.807) is 54.8 Å². The molecule has 10 nitrogen and oxygen atoms in total. The fourth-order valence-corrected chi connectivity index (χ4v) is 7.81. The second kappa shape index (κ2) is 15.2. The molecule has 274 valence electrons. The van der Waals surface area contributed by atoms with Crippen LogP contribution < -0.4 is 28.4 Å². The quantitative estimate of drug-likeness (QED) is 0.252. The summed E-state index contributed by atoms with van der Waals surface area (Å²) in [5, 5.41) is 0. The molecular weight excluding hydrogens is 648 g/mol. The molecule has 2 aliphatic carbocycles. The van der Waals surface area contributed by atoms with Gasteiger partial charge in [-0.1, -0.05) is 52.0 Å². The van der Waals surface area contributed by atoms with E-state index in [0.29, 0.717) is 67.1 Å². The van der Waals surface area contributed by atoms with Gasteiger partial charge in [0.05, 0.1) is 42.7 Å². The number of ether oxygens (including phenoxy) is 6. The topological polar surface area (TPSA) is 96.0 Å². The van der Waals surface area contributed by atoms with Gasteiger partial charge >= 0.3 is 0 Å². The van der Waals surface area contributed by atoms with Crippen molar-refractivity contribution in [2.45, 2.75) is 57.8 Å². The summed E-state index contributed by atoms with van der Waals surface area (Å²) in [6, 6.07) is 3.91. The molecule has 0 atom stereocenters. The van der Waals surface area contributed by atoms with Crippen LogP contribution in [0.1, 0.15) is 69.2 Å². The van der Waals surface area contributed by atoms with Crippen LogP contribution in [0.4, 0.5) is 0 Å². The molecule has 2 aromatic rings. The van der Waals surface area contributed by atoms with Crippen molar-refractivity contribution in [3.63, 3.8) is 0 Å². The number of benzene rings is 2. The van der Waals surface area contributed by atoms with E-state index in [9.17, 15) is 9.59 Å². The van der Waals surface area contributed by atoms with E-state index in [4.69, 9.17) is 28.4 Å². The standard InChI is InChI=1S/C41H52N2O8/c1-40(2)24-26(20-28-22-30(46-5)36(48-7)38(50-9)34(28)40)12-14-32(44)42-16-11-17-43(19-18-42)33(45)15-13-27-21-29-23-31(47-6)37(49-8)39(51-10)35(29)41(3,4)25-27/h12-15,20-23H,11,16-19,24-25H2,1-10H3. The number of hydrogen-bond donors (Lipinski definition) is 0. The van der Waals surface area contributed by atoms with Gasteiger partial charge < -0.3 is 38.2 Å². The molecule has 0 unspecified atom stereocenters. The maximum Gasteiger partial charge on any atom is 0.246 e. The Labute approximate surface area is 302 Å². The van der Waals surface area contributed by atoms with Gasteiger partial charge in [-0.2, -0.15) is 0 Å². The second-order valence-electron chi connectivity index (χ2n) is 14.4. The zero-order valence-electron chi connectivity index (χ0n) is 31.7. The molecule has 0 aromatic heterocycles. The molecule has 1 saturated heterocycles. The third-order valence-electron chi connectivity index (χ3n) is 10.0. The molecule has 2 aromatic carbocycles. The fourth-order valence-electron chi connectivity index (χ4n) is 7.81. The van der Waals surface area contributed by atoms with Crippen LogP contribution in [0, 0.1) is 0 Å². The lowest BCUT2D eigenvalue weighted by Gasteiger charge is -2.34. The number of carbonyl (C=O) groups is 2. The summed E-state index contributed by atoms with van der Waals surface area (Å²) in [6.07, 6.45) is 13.4. The van der Waals surface area contributed by atoms with Crippen LogP contribution in [-0.2, 0) is 20.4 Å². The minimum atomic E-state index is -0.269. The van der Waals surface area contributed by atoms with Crippen molar-refractivity contribution in [3.05, 3.63) is 69.8 Å². The summed E-state index contributed by atoms with van der Waals surface area (Å²) < 4.78 is 34.0. The predicted octanol–water partition coefficient (Wildman–Crippen LogP) is 6.74.